The monoisotopic (exact) mass is 291 g/mol. The first-order valence-electron chi connectivity index (χ1n) is 6.80. The normalized spacial score (nSPS) is 19.1. The number of oxazole rings is 1. The van der Waals surface area contributed by atoms with Gasteiger partial charge in [0.05, 0.1) is 5.92 Å². The third-order valence-corrected chi connectivity index (χ3v) is 4.02. The van der Waals surface area contributed by atoms with Crippen molar-refractivity contribution < 1.29 is 9.21 Å². The fourth-order valence-electron chi connectivity index (χ4n) is 2.37. The van der Waals surface area contributed by atoms with Crippen molar-refractivity contribution in [2.75, 3.05) is 18.0 Å². The number of aromatic nitrogens is 1. The first-order valence-corrected chi connectivity index (χ1v) is 7.18. The molecule has 104 valence electrons. The fraction of sp³-hybridized carbons (Fsp3) is 0.429. The molecule has 1 amide bonds. The van der Waals surface area contributed by atoms with Gasteiger partial charge in [-0.15, -0.1) is 0 Å². The Morgan fingerprint density at radius 1 is 1.40 bits per heavy atom. The van der Waals surface area contributed by atoms with Gasteiger partial charge in [0.25, 0.3) is 6.01 Å². The number of benzene rings is 1. The Morgan fingerprint density at radius 2 is 2.20 bits per heavy atom. The molecule has 2 fully saturated rings. The highest BCUT2D eigenvalue weighted by molar-refractivity contribution is 6.31. The lowest BCUT2D eigenvalue weighted by Gasteiger charge is -2.36. The predicted molar refractivity (Wildman–Crippen MR) is 75.9 cm³/mol. The van der Waals surface area contributed by atoms with E-state index in [2.05, 4.69) is 10.3 Å². The number of rotatable bonds is 3. The van der Waals surface area contributed by atoms with E-state index in [-0.39, 0.29) is 11.8 Å². The van der Waals surface area contributed by atoms with Gasteiger partial charge in [-0.3, -0.25) is 4.79 Å². The van der Waals surface area contributed by atoms with Crippen LogP contribution in [0.5, 0.6) is 0 Å². The van der Waals surface area contributed by atoms with Crippen molar-refractivity contribution in [1.29, 1.82) is 0 Å². The average molecular weight is 292 g/mol. The molecule has 1 aromatic heterocycles. The minimum absolute atomic E-state index is 0.0502. The third kappa shape index (κ3) is 2.12. The summed E-state index contributed by atoms with van der Waals surface area (Å²) in [6.45, 7) is 1.33. The molecule has 2 aliphatic rings. The molecule has 1 aliphatic heterocycles. The number of nitrogens with one attached hydrogen (secondary N) is 1. The van der Waals surface area contributed by atoms with Gasteiger partial charge in [0.1, 0.15) is 5.52 Å². The predicted octanol–water partition coefficient (Wildman–Crippen LogP) is 2.20. The van der Waals surface area contributed by atoms with Crippen molar-refractivity contribution in [2.45, 2.75) is 18.9 Å². The minimum Gasteiger partial charge on any atom is -0.423 e. The Hall–Kier alpha value is -1.75. The lowest BCUT2D eigenvalue weighted by Crippen LogP contribution is -2.54. The molecule has 1 aliphatic carbocycles. The van der Waals surface area contributed by atoms with Crippen LogP contribution in [0.1, 0.15) is 12.8 Å². The molecule has 2 heterocycles. The number of halogens is 1. The summed E-state index contributed by atoms with van der Waals surface area (Å²) in [5.74, 6) is 0.206. The van der Waals surface area contributed by atoms with Crippen molar-refractivity contribution in [3.05, 3.63) is 23.2 Å². The Kier molecular flexibility index (Phi) is 2.63. The number of nitrogens with zero attached hydrogens (tertiary/aromatic N) is 2. The van der Waals surface area contributed by atoms with Gasteiger partial charge in [0, 0.05) is 24.2 Å². The number of hydrogen-bond donors (Lipinski definition) is 1. The highest BCUT2D eigenvalue weighted by Gasteiger charge is 2.37. The molecule has 0 atom stereocenters. The molecule has 5 nitrogen and oxygen atoms in total. The maximum Gasteiger partial charge on any atom is 0.298 e. The van der Waals surface area contributed by atoms with Crippen molar-refractivity contribution in [1.82, 2.24) is 10.3 Å². The van der Waals surface area contributed by atoms with Crippen LogP contribution in [0.3, 0.4) is 0 Å². The van der Waals surface area contributed by atoms with Crippen molar-refractivity contribution in [3.8, 4) is 0 Å². The van der Waals surface area contributed by atoms with E-state index < -0.39 is 0 Å². The summed E-state index contributed by atoms with van der Waals surface area (Å²) in [7, 11) is 0. The van der Waals surface area contributed by atoms with E-state index in [1.807, 2.05) is 11.0 Å². The zero-order valence-corrected chi connectivity index (χ0v) is 11.6. The Bertz CT molecular complexity index is 674. The lowest BCUT2D eigenvalue weighted by atomic mass is 10.00. The van der Waals surface area contributed by atoms with Gasteiger partial charge >= 0.3 is 0 Å². The van der Waals surface area contributed by atoms with Crippen molar-refractivity contribution in [3.63, 3.8) is 0 Å². The van der Waals surface area contributed by atoms with Crippen LogP contribution < -0.4 is 10.2 Å². The van der Waals surface area contributed by atoms with Crippen LogP contribution in [-0.2, 0) is 4.79 Å². The molecule has 4 rings (SSSR count). The standard InChI is InChI=1S/C14H14ClN3O2/c15-9-1-4-12-11(5-9)17-14(20-12)18-6-8(7-18)13(19)16-10-2-3-10/h1,4-5,8,10H,2-3,6-7H2,(H,16,19). The highest BCUT2D eigenvalue weighted by Crippen LogP contribution is 2.29. The van der Waals surface area contributed by atoms with E-state index >= 15 is 0 Å². The number of amides is 1. The van der Waals surface area contributed by atoms with Crippen LogP contribution in [0.15, 0.2) is 22.6 Å². The zero-order valence-electron chi connectivity index (χ0n) is 10.8. The topological polar surface area (TPSA) is 58.4 Å². The van der Waals surface area contributed by atoms with Gasteiger partial charge in [-0.2, -0.15) is 4.98 Å². The lowest BCUT2D eigenvalue weighted by molar-refractivity contribution is -0.125. The van der Waals surface area contributed by atoms with Gasteiger partial charge in [0.15, 0.2) is 5.58 Å². The molecule has 1 N–H and O–H groups in total. The highest BCUT2D eigenvalue weighted by atomic mass is 35.5. The number of hydrogen-bond acceptors (Lipinski definition) is 4. The molecule has 0 unspecified atom stereocenters. The van der Waals surface area contributed by atoms with Gasteiger partial charge < -0.3 is 14.6 Å². The van der Waals surface area contributed by atoms with E-state index in [4.69, 9.17) is 16.0 Å². The Labute approximate surface area is 120 Å². The number of fused-ring (bicyclic) bond motifs is 1. The van der Waals surface area contributed by atoms with Crippen LogP contribution in [0.4, 0.5) is 6.01 Å². The summed E-state index contributed by atoms with van der Waals surface area (Å²) in [5.41, 5.74) is 1.47. The second kappa shape index (κ2) is 4.38. The molecular formula is C14H14ClN3O2. The summed E-state index contributed by atoms with van der Waals surface area (Å²) >= 11 is 5.93. The molecule has 1 saturated carbocycles. The minimum atomic E-state index is 0.0502. The maximum atomic E-state index is 11.9. The molecule has 0 bridgehead atoms. The number of carbonyl (C=O) groups excluding carboxylic acids is 1. The van der Waals surface area contributed by atoms with E-state index in [0.29, 0.717) is 30.2 Å². The van der Waals surface area contributed by atoms with E-state index in [1.165, 1.54) is 0 Å². The maximum absolute atomic E-state index is 11.9. The molecule has 6 heteroatoms. The summed E-state index contributed by atoms with van der Waals surface area (Å²) in [4.78, 5) is 18.2. The van der Waals surface area contributed by atoms with Crippen molar-refractivity contribution in [2.24, 2.45) is 5.92 Å². The van der Waals surface area contributed by atoms with E-state index in [1.54, 1.807) is 12.1 Å². The summed E-state index contributed by atoms with van der Waals surface area (Å²) in [5, 5.41) is 3.67. The van der Waals surface area contributed by atoms with Crippen LogP contribution in [0.25, 0.3) is 11.1 Å². The summed E-state index contributed by atoms with van der Waals surface area (Å²) in [6.07, 6.45) is 2.24. The molecule has 0 radical (unpaired) electrons. The molecular weight excluding hydrogens is 278 g/mol. The molecule has 1 aromatic carbocycles. The van der Waals surface area contributed by atoms with Crippen LogP contribution in [0, 0.1) is 5.92 Å². The molecule has 1 saturated heterocycles. The van der Waals surface area contributed by atoms with Crippen LogP contribution in [-0.4, -0.2) is 30.0 Å². The van der Waals surface area contributed by atoms with Crippen LogP contribution in [0.2, 0.25) is 5.02 Å². The van der Waals surface area contributed by atoms with Crippen molar-refractivity contribution >= 4 is 34.6 Å². The number of anilines is 1. The largest absolute Gasteiger partial charge is 0.423 e. The van der Waals surface area contributed by atoms with E-state index in [0.717, 1.165) is 23.9 Å². The smallest absolute Gasteiger partial charge is 0.298 e. The number of carbonyl (C=O) groups is 1. The second-order valence-corrected chi connectivity index (χ2v) is 5.93. The molecule has 0 spiro atoms. The van der Waals surface area contributed by atoms with Gasteiger partial charge in [0.2, 0.25) is 5.91 Å². The SMILES string of the molecule is O=C(NC1CC1)C1CN(c2nc3cc(Cl)ccc3o2)C1. The van der Waals surface area contributed by atoms with Gasteiger partial charge in [-0.05, 0) is 31.0 Å². The quantitative estimate of drug-likeness (QED) is 0.942. The molecule has 20 heavy (non-hydrogen) atoms. The average Bonchev–Trinajstić information content (AvgIpc) is 3.05. The van der Waals surface area contributed by atoms with E-state index in [9.17, 15) is 4.79 Å². The van der Waals surface area contributed by atoms with Gasteiger partial charge in [-0.25, -0.2) is 0 Å². The van der Waals surface area contributed by atoms with Crippen LogP contribution >= 0.6 is 11.6 Å². The fourth-order valence-corrected chi connectivity index (χ4v) is 2.54. The Morgan fingerprint density at radius 3 is 2.95 bits per heavy atom. The second-order valence-electron chi connectivity index (χ2n) is 5.49. The zero-order chi connectivity index (χ0) is 13.7. The Balaban J connectivity index is 1.44. The summed E-state index contributed by atoms with van der Waals surface area (Å²) in [6, 6.07) is 6.35. The summed E-state index contributed by atoms with van der Waals surface area (Å²) < 4.78 is 5.67. The first-order chi connectivity index (χ1) is 9.69. The molecule has 2 aromatic rings. The third-order valence-electron chi connectivity index (χ3n) is 3.78. The van der Waals surface area contributed by atoms with Gasteiger partial charge in [-0.1, -0.05) is 11.6 Å². The first kappa shape index (κ1) is 12.0.